The first-order chi connectivity index (χ1) is 12.5. The summed E-state index contributed by atoms with van der Waals surface area (Å²) in [5, 5.41) is 16.5. The lowest BCUT2D eigenvalue weighted by molar-refractivity contribution is 0.0949. The van der Waals surface area contributed by atoms with E-state index in [9.17, 15) is 14.0 Å². The Bertz CT molecular complexity index is 814. The van der Waals surface area contributed by atoms with Crippen molar-refractivity contribution >= 4 is 34.8 Å². The van der Waals surface area contributed by atoms with Crippen molar-refractivity contribution in [3.8, 4) is 0 Å². The molecule has 26 heavy (non-hydrogen) atoms. The standard InChI is InChI=1S/C18H18FN3O3S/c19-14-8-3-1-6-12(14)17(25)22-18(26)21-15-9-4-2-7-13(15)16(24)20-10-5-11-23/h1-4,6-9,23H,5,10-11H2,(H,20,24)(H2,21,22,25,26). The first kappa shape index (κ1) is 19.5. The summed E-state index contributed by atoms with van der Waals surface area (Å²) in [6.45, 7) is 0.310. The Balaban J connectivity index is 2.04. The number of amides is 2. The van der Waals surface area contributed by atoms with Crippen molar-refractivity contribution in [2.24, 2.45) is 0 Å². The SMILES string of the molecule is O=C(NC(=S)Nc1ccccc1C(=O)NCCCO)c1ccccc1F. The molecule has 0 aliphatic rings. The van der Waals surface area contributed by atoms with Gasteiger partial charge in [0.15, 0.2) is 5.11 Å². The van der Waals surface area contributed by atoms with E-state index in [-0.39, 0.29) is 23.2 Å². The molecule has 0 aromatic heterocycles. The molecule has 0 unspecified atom stereocenters. The maximum atomic E-state index is 13.6. The zero-order chi connectivity index (χ0) is 18.9. The summed E-state index contributed by atoms with van der Waals surface area (Å²) in [7, 11) is 0. The van der Waals surface area contributed by atoms with Gasteiger partial charge in [-0.3, -0.25) is 14.9 Å². The fourth-order valence-corrected chi connectivity index (χ4v) is 2.34. The Hall–Kier alpha value is -2.84. The average molecular weight is 375 g/mol. The Morgan fingerprint density at radius 1 is 1.00 bits per heavy atom. The van der Waals surface area contributed by atoms with Crippen molar-refractivity contribution < 1.29 is 19.1 Å². The second-order valence-electron chi connectivity index (χ2n) is 5.27. The van der Waals surface area contributed by atoms with E-state index in [4.69, 9.17) is 17.3 Å². The van der Waals surface area contributed by atoms with Gasteiger partial charge in [0, 0.05) is 13.2 Å². The molecule has 2 aromatic rings. The van der Waals surface area contributed by atoms with Crippen LogP contribution < -0.4 is 16.0 Å². The lowest BCUT2D eigenvalue weighted by Gasteiger charge is -2.13. The molecular weight excluding hydrogens is 357 g/mol. The predicted molar refractivity (Wildman–Crippen MR) is 101 cm³/mol. The highest BCUT2D eigenvalue weighted by Gasteiger charge is 2.15. The Labute approximate surface area is 155 Å². The molecule has 0 saturated carbocycles. The largest absolute Gasteiger partial charge is 0.396 e. The molecule has 0 radical (unpaired) electrons. The number of carbonyl (C=O) groups excluding carboxylic acids is 2. The Morgan fingerprint density at radius 2 is 1.65 bits per heavy atom. The maximum absolute atomic E-state index is 13.6. The zero-order valence-electron chi connectivity index (χ0n) is 13.8. The van der Waals surface area contributed by atoms with Crippen LogP contribution in [0.1, 0.15) is 27.1 Å². The third-order valence-corrected chi connectivity index (χ3v) is 3.59. The fourth-order valence-electron chi connectivity index (χ4n) is 2.14. The molecular formula is C18H18FN3O3S. The van der Waals surface area contributed by atoms with Gasteiger partial charge in [0.05, 0.1) is 16.8 Å². The smallest absolute Gasteiger partial charge is 0.260 e. The molecule has 2 amide bonds. The van der Waals surface area contributed by atoms with E-state index in [1.54, 1.807) is 30.3 Å². The number of anilines is 1. The molecule has 6 nitrogen and oxygen atoms in total. The van der Waals surface area contributed by atoms with Gasteiger partial charge >= 0.3 is 0 Å². The minimum absolute atomic E-state index is 0.0215. The van der Waals surface area contributed by atoms with E-state index in [2.05, 4.69) is 16.0 Å². The summed E-state index contributed by atoms with van der Waals surface area (Å²) in [6, 6.07) is 12.2. The third kappa shape index (κ3) is 5.33. The molecule has 0 fully saturated rings. The molecule has 4 N–H and O–H groups in total. The van der Waals surface area contributed by atoms with E-state index in [0.29, 0.717) is 24.2 Å². The van der Waals surface area contributed by atoms with Gasteiger partial charge < -0.3 is 15.7 Å². The number of para-hydroxylation sites is 1. The minimum Gasteiger partial charge on any atom is -0.396 e. The van der Waals surface area contributed by atoms with Crippen molar-refractivity contribution in [3.05, 3.63) is 65.5 Å². The quantitative estimate of drug-likeness (QED) is 0.458. The fraction of sp³-hybridized carbons (Fsp3) is 0.167. The minimum atomic E-state index is -0.689. The highest BCUT2D eigenvalue weighted by molar-refractivity contribution is 7.80. The lowest BCUT2D eigenvalue weighted by atomic mass is 10.1. The van der Waals surface area contributed by atoms with Crippen LogP contribution in [0.3, 0.4) is 0 Å². The number of thiocarbonyl (C=S) groups is 1. The number of aliphatic hydroxyl groups is 1. The van der Waals surface area contributed by atoms with Gasteiger partial charge in [-0.05, 0) is 42.9 Å². The highest BCUT2D eigenvalue weighted by Crippen LogP contribution is 2.15. The van der Waals surface area contributed by atoms with E-state index in [1.165, 1.54) is 18.2 Å². The van der Waals surface area contributed by atoms with Crippen LogP contribution in [0.15, 0.2) is 48.5 Å². The van der Waals surface area contributed by atoms with Gasteiger partial charge in [-0.25, -0.2) is 4.39 Å². The van der Waals surface area contributed by atoms with E-state index in [0.717, 1.165) is 0 Å². The van der Waals surface area contributed by atoms with Gasteiger partial charge in [0.2, 0.25) is 0 Å². The first-order valence-electron chi connectivity index (χ1n) is 7.88. The van der Waals surface area contributed by atoms with E-state index < -0.39 is 11.7 Å². The second kappa shape index (κ2) is 9.59. The monoisotopic (exact) mass is 375 g/mol. The number of carbonyl (C=O) groups is 2. The van der Waals surface area contributed by atoms with Gasteiger partial charge in [0.1, 0.15) is 5.82 Å². The molecule has 0 atom stereocenters. The highest BCUT2D eigenvalue weighted by atomic mass is 32.1. The van der Waals surface area contributed by atoms with Crippen molar-refractivity contribution in [1.29, 1.82) is 0 Å². The van der Waals surface area contributed by atoms with Crippen LogP contribution >= 0.6 is 12.2 Å². The number of halogens is 1. The van der Waals surface area contributed by atoms with E-state index in [1.807, 2.05) is 0 Å². The lowest BCUT2D eigenvalue weighted by Crippen LogP contribution is -2.35. The predicted octanol–water partition coefficient (Wildman–Crippen LogP) is 2.06. The topological polar surface area (TPSA) is 90.5 Å². The van der Waals surface area contributed by atoms with E-state index >= 15 is 0 Å². The van der Waals surface area contributed by atoms with Crippen molar-refractivity contribution in [2.45, 2.75) is 6.42 Å². The molecule has 0 saturated heterocycles. The van der Waals surface area contributed by atoms with Gasteiger partial charge in [0.25, 0.3) is 11.8 Å². The van der Waals surface area contributed by atoms with Crippen molar-refractivity contribution in [1.82, 2.24) is 10.6 Å². The number of rotatable bonds is 6. The van der Waals surface area contributed by atoms with Crippen LogP contribution in [-0.4, -0.2) is 35.2 Å². The maximum Gasteiger partial charge on any atom is 0.260 e. The Kier molecular flexibility index (Phi) is 7.19. The Morgan fingerprint density at radius 3 is 2.35 bits per heavy atom. The number of aliphatic hydroxyl groups excluding tert-OH is 1. The molecule has 0 bridgehead atoms. The summed E-state index contributed by atoms with van der Waals surface area (Å²) in [5.41, 5.74) is 0.590. The van der Waals surface area contributed by atoms with Crippen LogP contribution in [0.25, 0.3) is 0 Å². The van der Waals surface area contributed by atoms with Gasteiger partial charge in [-0.15, -0.1) is 0 Å². The van der Waals surface area contributed by atoms with Crippen LogP contribution in [0, 0.1) is 5.82 Å². The van der Waals surface area contributed by atoms with Crippen molar-refractivity contribution in [3.63, 3.8) is 0 Å². The molecule has 0 heterocycles. The number of benzene rings is 2. The molecule has 0 aliphatic heterocycles. The van der Waals surface area contributed by atoms with Crippen LogP contribution in [0.4, 0.5) is 10.1 Å². The van der Waals surface area contributed by atoms with Crippen LogP contribution in [0.2, 0.25) is 0 Å². The molecule has 136 valence electrons. The normalized spacial score (nSPS) is 10.1. The summed E-state index contributed by atoms with van der Waals surface area (Å²) >= 11 is 5.08. The summed E-state index contributed by atoms with van der Waals surface area (Å²) in [4.78, 5) is 24.3. The molecule has 0 aliphatic carbocycles. The number of nitrogens with one attached hydrogen (secondary N) is 3. The number of hydrogen-bond acceptors (Lipinski definition) is 4. The average Bonchev–Trinajstić information content (AvgIpc) is 2.62. The van der Waals surface area contributed by atoms with Crippen LogP contribution in [-0.2, 0) is 0 Å². The van der Waals surface area contributed by atoms with Crippen molar-refractivity contribution in [2.75, 3.05) is 18.5 Å². The molecule has 2 rings (SSSR count). The molecule has 8 heteroatoms. The molecule has 0 spiro atoms. The molecule has 2 aromatic carbocycles. The second-order valence-corrected chi connectivity index (χ2v) is 5.67. The third-order valence-electron chi connectivity index (χ3n) is 3.39. The van der Waals surface area contributed by atoms with Gasteiger partial charge in [-0.1, -0.05) is 24.3 Å². The summed E-state index contributed by atoms with van der Waals surface area (Å²) in [5.74, 6) is -1.69. The summed E-state index contributed by atoms with van der Waals surface area (Å²) < 4.78 is 13.6. The zero-order valence-corrected chi connectivity index (χ0v) is 14.6. The van der Waals surface area contributed by atoms with Gasteiger partial charge in [-0.2, -0.15) is 0 Å². The number of hydrogen-bond donors (Lipinski definition) is 4. The first-order valence-corrected chi connectivity index (χ1v) is 8.28. The van der Waals surface area contributed by atoms with Crippen LogP contribution in [0.5, 0.6) is 0 Å². The summed E-state index contributed by atoms with van der Waals surface area (Å²) in [6.07, 6.45) is 0.443.